The minimum Gasteiger partial charge on any atom is -0.381 e. The molecule has 160 valence electrons. The third-order valence-electron chi connectivity index (χ3n) is 5.59. The van der Waals surface area contributed by atoms with Crippen LogP contribution < -0.4 is 5.32 Å². The Balaban J connectivity index is 1.62. The Labute approximate surface area is 183 Å². The molecule has 2 aliphatic rings. The summed E-state index contributed by atoms with van der Waals surface area (Å²) in [5.74, 6) is 0.967. The van der Waals surface area contributed by atoms with Crippen LogP contribution in [0.4, 0.5) is 0 Å². The Morgan fingerprint density at radius 2 is 2.00 bits per heavy atom. The highest BCUT2D eigenvalue weighted by Crippen LogP contribution is 2.34. The number of nitrogens with one attached hydrogen (secondary N) is 1. The first-order chi connectivity index (χ1) is 14.0. The molecule has 0 saturated carbocycles. The van der Waals surface area contributed by atoms with Crippen molar-refractivity contribution in [3.05, 3.63) is 34.9 Å². The summed E-state index contributed by atoms with van der Waals surface area (Å²) in [5, 5.41) is 4.09. The summed E-state index contributed by atoms with van der Waals surface area (Å²) in [4.78, 5) is 21.7. The zero-order valence-electron chi connectivity index (χ0n) is 17.3. The number of piperazine rings is 1. The lowest BCUT2D eigenvalue weighted by Gasteiger charge is -2.37. The van der Waals surface area contributed by atoms with E-state index in [0.717, 1.165) is 57.2 Å². The number of carbonyl (C=O) groups is 1. The number of amides is 1. The molecule has 2 heterocycles. The fourth-order valence-electron chi connectivity index (χ4n) is 3.68. The van der Waals surface area contributed by atoms with E-state index in [0.29, 0.717) is 24.7 Å². The van der Waals surface area contributed by atoms with Gasteiger partial charge < -0.3 is 19.9 Å². The maximum atomic E-state index is 12.8. The molecule has 1 N–H and O–H groups in total. The van der Waals surface area contributed by atoms with Crippen LogP contribution in [0.1, 0.15) is 25.3 Å². The molecule has 1 aromatic carbocycles. The van der Waals surface area contributed by atoms with E-state index < -0.39 is 0 Å². The Hall–Kier alpha value is -1.44. The minimum absolute atomic E-state index is 0.127. The molecule has 2 aliphatic heterocycles. The lowest BCUT2D eigenvalue weighted by Crippen LogP contribution is -2.55. The molecular weight excluding hydrogens is 408 g/mol. The number of benzene rings is 1. The van der Waals surface area contributed by atoms with Gasteiger partial charge >= 0.3 is 0 Å². The number of aliphatic imine (C=N–C) groups is 1. The Morgan fingerprint density at radius 1 is 1.28 bits per heavy atom. The Kier molecular flexibility index (Phi) is 8.09. The number of nitrogens with zero attached hydrogens (tertiary/aromatic N) is 3. The lowest BCUT2D eigenvalue weighted by atomic mass is 9.99. The van der Waals surface area contributed by atoms with Crippen LogP contribution in [-0.2, 0) is 16.1 Å². The third kappa shape index (κ3) is 6.03. The lowest BCUT2D eigenvalue weighted by molar-refractivity contribution is -0.135. The van der Waals surface area contributed by atoms with Crippen molar-refractivity contribution in [1.82, 2.24) is 15.1 Å². The van der Waals surface area contributed by atoms with E-state index >= 15 is 0 Å². The normalized spacial score (nSPS) is 20.1. The van der Waals surface area contributed by atoms with Gasteiger partial charge in [-0.1, -0.05) is 23.7 Å². The van der Waals surface area contributed by atoms with Gasteiger partial charge in [0.2, 0.25) is 5.91 Å². The van der Waals surface area contributed by atoms with Crippen molar-refractivity contribution in [3.63, 3.8) is 0 Å². The number of thioether (sulfide) groups is 1. The van der Waals surface area contributed by atoms with Crippen LogP contribution in [0.5, 0.6) is 0 Å². The highest BCUT2D eigenvalue weighted by molar-refractivity contribution is 8.00. The second-order valence-corrected chi connectivity index (χ2v) is 9.24. The molecule has 1 aromatic rings. The summed E-state index contributed by atoms with van der Waals surface area (Å²) in [5.41, 5.74) is 1.10. The fourth-order valence-corrected chi connectivity index (χ4v) is 4.58. The average Bonchev–Trinajstić information content (AvgIpc) is 2.75. The number of hydrogen-bond acceptors (Lipinski definition) is 4. The fraction of sp³-hybridized carbons (Fsp3) is 0.619. The van der Waals surface area contributed by atoms with E-state index in [4.69, 9.17) is 21.3 Å². The summed E-state index contributed by atoms with van der Waals surface area (Å²) in [6.07, 6.45) is 4.20. The number of ether oxygens (including phenoxy) is 1. The van der Waals surface area contributed by atoms with Crippen molar-refractivity contribution < 1.29 is 9.53 Å². The molecule has 0 bridgehead atoms. The molecule has 8 heteroatoms. The van der Waals surface area contributed by atoms with Crippen LogP contribution >= 0.6 is 23.4 Å². The first kappa shape index (κ1) is 22.2. The Morgan fingerprint density at radius 3 is 2.62 bits per heavy atom. The molecule has 0 atom stereocenters. The molecule has 2 fully saturated rings. The molecular formula is C21H31ClN4O2S. The van der Waals surface area contributed by atoms with Gasteiger partial charge in [-0.2, -0.15) is 11.8 Å². The van der Waals surface area contributed by atoms with Crippen LogP contribution in [-0.4, -0.2) is 78.6 Å². The van der Waals surface area contributed by atoms with Crippen LogP contribution in [0.3, 0.4) is 0 Å². The van der Waals surface area contributed by atoms with Gasteiger partial charge in [-0.05, 0) is 43.7 Å². The topological polar surface area (TPSA) is 57.2 Å². The van der Waals surface area contributed by atoms with Gasteiger partial charge in [0.15, 0.2) is 5.96 Å². The summed E-state index contributed by atoms with van der Waals surface area (Å²) >= 11 is 7.84. The first-order valence-electron chi connectivity index (χ1n) is 10.2. The highest BCUT2D eigenvalue weighted by Gasteiger charge is 2.32. The molecule has 0 aromatic heterocycles. The van der Waals surface area contributed by atoms with Gasteiger partial charge in [0.05, 0.1) is 13.1 Å². The van der Waals surface area contributed by atoms with E-state index in [-0.39, 0.29) is 10.7 Å². The van der Waals surface area contributed by atoms with Gasteiger partial charge in [0.1, 0.15) is 0 Å². The number of hydrogen-bond donors (Lipinski definition) is 1. The standard InChI is InChI=1S/C21H31ClN4O2S/c1-3-23-20(24-16-21(29-2)8-12-28-13-9-21)26-11-10-25(19(27)15-26)14-17-4-6-18(22)7-5-17/h4-7H,3,8-16H2,1-2H3,(H,23,24). The molecule has 0 aliphatic carbocycles. The van der Waals surface area contributed by atoms with Crippen LogP contribution in [0.25, 0.3) is 0 Å². The summed E-state index contributed by atoms with van der Waals surface area (Å²) in [6.45, 7) is 7.64. The predicted octanol–water partition coefficient (Wildman–Crippen LogP) is 2.86. The molecule has 0 spiro atoms. The molecule has 0 unspecified atom stereocenters. The quantitative estimate of drug-likeness (QED) is 0.546. The monoisotopic (exact) mass is 438 g/mol. The maximum Gasteiger partial charge on any atom is 0.242 e. The van der Waals surface area contributed by atoms with Crippen molar-refractivity contribution in [2.75, 3.05) is 52.2 Å². The molecule has 29 heavy (non-hydrogen) atoms. The number of carbonyl (C=O) groups excluding carboxylic acids is 1. The van der Waals surface area contributed by atoms with Gasteiger partial charge in [0, 0.05) is 49.2 Å². The van der Waals surface area contributed by atoms with Crippen molar-refractivity contribution in [1.29, 1.82) is 0 Å². The second-order valence-electron chi connectivity index (χ2n) is 7.53. The van der Waals surface area contributed by atoms with Crippen molar-refractivity contribution in [2.45, 2.75) is 31.1 Å². The van der Waals surface area contributed by atoms with E-state index in [1.807, 2.05) is 40.9 Å². The van der Waals surface area contributed by atoms with Gasteiger partial charge in [-0.25, -0.2) is 0 Å². The zero-order chi connectivity index (χ0) is 20.7. The van der Waals surface area contributed by atoms with Gasteiger partial charge in [-0.15, -0.1) is 0 Å². The molecule has 6 nitrogen and oxygen atoms in total. The van der Waals surface area contributed by atoms with Crippen LogP contribution in [0.2, 0.25) is 5.02 Å². The Bertz CT molecular complexity index is 707. The minimum atomic E-state index is 0.127. The average molecular weight is 439 g/mol. The summed E-state index contributed by atoms with van der Waals surface area (Å²) in [7, 11) is 0. The SMILES string of the molecule is CCNC(=NCC1(SC)CCOCC1)N1CCN(Cc2ccc(Cl)cc2)C(=O)C1. The number of guanidine groups is 1. The second kappa shape index (κ2) is 10.5. The van der Waals surface area contributed by atoms with Crippen molar-refractivity contribution >= 4 is 35.2 Å². The van der Waals surface area contributed by atoms with Crippen molar-refractivity contribution in [2.24, 2.45) is 4.99 Å². The predicted molar refractivity (Wildman–Crippen MR) is 121 cm³/mol. The number of halogens is 1. The molecule has 1 amide bonds. The molecule has 3 rings (SSSR count). The van der Waals surface area contributed by atoms with E-state index in [2.05, 4.69) is 23.4 Å². The van der Waals surface area contributed by atoms with Crippen LogP contribution in [0.15, 0.2) is 29.3 Å². The maximum absolute atomic E-state index is 12.8. The number of rotatable bonds is 6. The highest BCUT2D eigenvalue weighted by atomic mass is 35.5. The smallest absolute Gasteiger partial charge is 0.242 e. The summed E-state index contributed by atoms with van der Waals surface area (Å²) < 4.78 is 5.67. The zero-order valence-corrected chi connectivity index (χ0v) is 18.9. The van der Waals surface area contributed by atoms with E-state index in [1.165, 1.54) is 0 Å². The van der Waals surface area contributed by atoms with Gasteiger partial charge in [0.25, 0.3) is 0 Å². The van der Waals surface area contributed by atoms with E-state index in [1.54, 1.807) is 0 Å². The molecule has 2 saturated heterocycles. The largest absolute Gasteiger partial charge is 0.381 e. The summed E-state index contributed by atoms with van der Waals surface area (Å²) in [6, 6.07) is 7.68. The molecule has 0 radical (unpaired) electrons. The van der Waals surface area contributed by atoms with Gasteiger partial charge in [-0.3, -0.25) is 9.79 Å². The van der Waals surface area contributed by atoms with E-state index in [9.17, 15) is 4.79 Å². The van der Waals surface area contributed by atoms with Crippen molar-refractivity contribution in [3.8, 4) is 0 Å². The third-order valence-corrected chi connectivity index (χ3v) is 7.25. The van der Waals surface area contributed by atoms with Crippen LogP contribution in [0, 0.1) is 0 Å². The first-order valence-corrected chi connectivity index (χ1v) is 11.8.